The fraction of sp³-hybridized carbons (Fsp3) is 0.724. The molecule has 0 N–H and O–H groups in total. The molecular weight excluding hydrogens is 1010 g/mol. The number of hydrogen-bond donors (Lipinski definition) is 0. The van der Waals surface area contributed by atoms with Crippen LogP contribution in [0.5, 0.6) is 0 Å². The molecule has 0 fully saturated rings. The minimum atomic E-state index is -0.784. The van der Waals surface area contributed by atoms with E-state index in [4.69, 9.17) is 14.2 Å². The van der Waals surface area contributed by atoms with Crippen LogP contribution in [0.3, 0.4) is 0 Å². The van der Waals surface area contributed by atoms with Gasteiger partial charge in [0.1, 0.15) is 13.2 Å². The quantitative estimate of drug-likeness (QED) is 0.0261. The second kappa shape index (κ2) is 69.6. The van der Waals surface area contributed by atoms with Gasteiger partial charge in [-0.1, -0.05) is 316 Å². The van der Waals surface area contributed by atoms with Crippen molar-refractivity contribution in [2.75, 3.05) is 13.2 Å². The number of carbonyl (C=O) groups is 3. The van der Waals surface area contributed by atoms with E-state index in [1.54, 1.807) is 0 Å². The Morgan fingerprint density at radius 3 is 0.744 bits per heavy atom. The topological polar surface area (TPSA) is 78.9 Å². The zero-order valence-corrected chi connectivity index (χ0v) is 54.0. The first-order valence-electron chi connectivity index (χ1n) is 34.9. The van der Waals surface area contributed by atoms with E-state index >= 15 is 0 Å². The SMILES string of the molecule is CC/C=C\C/C=C\C/C=C\C/C=C\C/C=C\C/C=C\CCCCCCCCC(=O)OC(COC(=O)CCCCCCCC)COC(=O)CCCCCCCCCCCCCCCCCCCC/C=C\C/C=C\C/C=C\CCCCCCC. The fourth-order valence-corrected chi connectivity index (χ4v) is 9.81. The molecule has 0 bridgehead atoms. The summed E-state index contributed by atoms with van der Waals surface area (Å²) in [5, 5.41) is 0. The number of hydrogen-bond acceptors (Lipinski definition) is 6. The first kappa shape index (κ1) is 78.1. The highest BCUT2D eigenvalue weighted by Crippen LogP contribution is 2.17. The Labute approximate surface area is 508 Å². The molecule has 0 radical (unpaired) electrons. The highest BCUT2D eigenvalue weighted by molar-refractivity contribution is 5.71. The monoisotopic (exact) mass is 1140 g/mol. The second-order valence-electron chi connectivity index (χ2n) is 23.1. The van der Waals surface area contributed by atoms with Gasteiger partial charge in [0.25, 0.3) is 0 Å². The summed E-state index contributed by atoms with van der Waals surface area (Å²) in [6.07, 6.45) is 95.8. The molecule has 0 aromatic rings. The van der Waals surface area contributed by atoms with Crippen molar-refractivity contribution in [1.29, 1.82) is 0 Å². The lowest BCUT2D eigenvalue weighted by molar-refractivity contribution is -0.167. The molecule has 0 heterocycles. The van der Waals surface area contributed by atoms with Crippen molar-refractivity contribution in [3.8, 4) is 0 Å². The summed E-state index contributed by atoms with van der Waals surface area (Å²) in [4.78, 5) is 38.1. The highest BCUT2D eigenvalue weighted by Gasteiger charge is 2.19. The molecule has 0 aromatic heterocycles. The Balaban J connectivity index is 4.04. The predicted octanol–water partition coefficient (Wildman–Crippen LogP) is 24.2. The molecule has 0 aliphatic rings. The summed E-state index contributed by atoms with van der Waals surface area (Å²) in [5.41, 5.74) is 0. The largest absolute Gasteiger partial charge is 0.462 e. The Bertz CT molecular complexity index is 1640. The van der Waals surface area contributed by atoms with E-state index in [2.05, 4.69) is 130 Å². The number of ether oxygens (including phenoxy) is 3. The van der Waals surface area contributed by atoms with Gasteiger partial charge in [0, 0.05) is 19.3 Å². The lowest BCUT2D eigenvalue weighted by Gasteiger charge is -2.18. The summed E-state index contributed by atoms with van der Waals surface area (Å²) in [6, 6.07) is 0. The van der Waals surface area contributed by atoms with Gasteiger partial charge < -0.3 is 14.2 Å². The lowest BCUT2D eigenvalue weighted by atomic mass is 10.0. The van der Waals surface area contributed by atoms with Gasteiger partial charge in [-0.25, -0.2) is 0 Å². The fourth-order valence-electron chi connectivity index (χ4n) is 9.81. The Morgan fingerprint density at radius 1 is 0.256 bits per heavy atom. The van der Waals surface area contributed by atoms with E-state index in [0.717, 1.165) is 122 Å². The van der Waals surface area contributed by atoms with Gasteiger partial charge in [0.05, 0.1) is 0 Å². The van der Waals surface area contributed by atoms with Gasteiger partial charge in [-0.2, -0.15) is 0 Å². The normalized spacial score (nSPS) is 12.8. The van der Waals surface area contributed by atoms with Crippen molar-refractivity contribution in [3.05, 3.63) is 109 Å². The van der Waals surface area contributed by atoms with Crippen LogP contribution in [0.4, 0.5) is 0 Å². The van der Waals surface area contributed by atoms with Crippen molar-refractivity contribution in [2.45, 2.75) is 341 Å². The van der Waals surface area contributed by atoms with Gasteiger partial charge in [0.2, 0.25) is 0 Å². The molecule has 82 heavy (non-hydrogen) atoms. The summed E-state index contributed by atoms with van der Waals surface area (Å²) in [7, 11) is 0. The van der Waals surface area contributed by atoms with E-state index in [1.807, 2.05) is 0 Å². The van der Waals surface area contributed by atoms with Crippen molar-refractivity contribution in [2.24, 2.45) is 0 Å². The summed E-state index contributed by atoms with van der Waals surface area (Å²) < 4.78 is 16.8. The summed E-state index contributed by atoms with van der Waals surface area (Å²) in [5.74, 6) is -0.897. The number of unbranched alkanes of at least 4 members (excludes halogenated alkanes) is 34. The molecule has 1 unspecified atom stereocenters. The van der Waals surface area contributed by atoms with E-state index in [9.17, 15) is 14.4 Å². The molecule has 0 rings (SSSR count). The zero-order valence-electron chi connectivity index (χ0n) is 54.0. The molecule has 1 atom stereocenters. The first-order valence-corrected chi connectivity index (χ1v) is 34.9. The third kappa shape index (κ3) is 66.9. The Kier molecular flexibility index (Phi) is 66.2. The van der Waals surface area contributed by atoms with Crippen LogP contribution in [0.1, 0.15) is 335 Å². The highest BCUT2D eigenvalue weighted by atomic mass is 16.6. The van der Waals surface area contributed by atoms with E-state index in [0.29, 0.717) is 19.3 Å². The van der Waals surface area contributed by atoms with Crippen molar-refractivity contribution in [3.63, 3.8) is 0 Å². The predicted molar refractivity (Wildman–Crippen MR) is 357 cm³/mol. The maximum absolute atomic E-state index is 12.9. The molecule has 6 nitrogen and oxygen atoms in total. The van der Waals surface area contributed by atoms with Crippen LogP contribution < -0.4 is 0 Å². The van der Waals surface area contributed by atoms with Crippen LogP contribution >= 0.6 is 0 Å². The smallest absolute Gasteiger partial charge is 0.306 e. The maximum Gasteiger partial charge on any atom is 0.306 e. The summed E-state index contributed by atoms with van der Waals surface area (Å²) in [6.45, 7) is 6.47. The Morgan fingerprint density at radius 2 is 0.476 bits per heavy atom. The molecule has 470 valence electrons. The Hall–Kier alpha value is -3.93. The zero-order chi connectivity index (χ0) is 59.2. The molecule has 0 aliphatic heterocycles. The number of carbonyl (C=O) groups excluding carboxylic acids is 3. The molecule has 0 spiro atoms. The minimum absolute atomic E-state index is 0.0822. The third-order valence-electron chi connectivity index (χ3n) is 15.0. The molecular formula is C76H130O6. The molecule has 0 saturated carbocycles. The van der Waals surface area contributed by atoms with Crippen LogP contribution in [-0.2, 0) is 28.6 Å². The van der Waals surface area contributed by atoms with Gasteiger partial charge >= 0.3 is 17.9 Å². The number of esters is 3. The van der Waals surface area contributed by atoms with E-state index in [-0.39, 0.29) is 31.1 Å². The molecule has 0 amide bonds. The molecule has 6 heteroatoms. The average Bonchev–Trinajstić information content (AvgIpc) is 3.47. The van der Waals surface area contributed by atoms with Gasteiger partial charge in [-0.3, -0.25) is 14.4 Å². The molecule has 0 aliphatic carbocycles. The van der Waals surface area contributed by atoms with Crippen molar-refractivity contribution >= 4 is 17.9 Å². The van der Waals surface area contributed by atoms with Crippen molar-refractivity contribution in [1.82, 2.24) is 0 Å². The van der Waals surface area contributed by atoms with Crippen molar-refractivity contribution < 1.29 is 28.6 Å². The van der Waals surface area contributed by atoms with Crippen LogP contribution in [0.25, 0.3) is 0 Å². The van der Waals surface area contributed by atoms with E-state index in [1.165, 1.54) is 173 Å². The maximum atomic E-state index is 12.9. The third-order valence-corrected chi connectivity index (χ3v) is 15.0. The van der Waals surface area contributed by atoms with Crippen LogP contribution in [0.2, 0.25) is 0 Å². The standard InChI is InChI=1S/C76H130O6/c1-4-7-10-13-16-18-20-22-24-26-28-30-32-34-35-36-37-38-39-40-41-43-44-46-48-50-52-54-56-58-60-63-66-69-75(78)81-72-73(71-80-74(77)68-65-62-15-12-9-6-3)82-76(79)70-67-64-61-59-57-55-53-51-49-47-45-42-33-31-29-27-25-23-21-19-17-14-11-8-5-2/h8,11,17,19-20,22-23,25-26,28-29,31-32,34,42,45,49,51,73H,4-7,9-10,12-16,18,21,24,27,30,33,35-41,43-44,46-48,50,52-72H2,1-3H3/b11-8-,19-17-,22-20-,25-23-,28-26-,31-29-,34-32-,45-42-,51-49-. The van der Waals surface area contributed by atoms with Crippen LogP contribution in [0.15, 0.2) is 109 Å². The second-order valence-corrected chi connectivity index (χ2v) is 23.1. The summed E-state index contributed by atoms with van der Waals surface area (Å²) >= 11 is 0. The van der Waals surface area contributed by atoms with Gasteiger partial charge in [-0.15, -0.1) is 0 Å². The van der Waals surface area contributed by atoms with Gasteiger partial charge in [0.15, 0.2) is 6.10 Å². The average molecular weight is 1140 g/mol. The number of allylic oxidation sites excluding steroid dienone is 18. The first-order chi connectivity index (χ1) is 40.5. The van der Waals surface area contributed by atoms with Gasteiger partial charge in [-0.05, 0) is 109 Å². The minimum Gasteiger partial charge on any atom is -0.462 e. The van der Waals surface area contributed by atoms with E-state index < -0.39 is 6.10 Å². The number of rotatable bonds is 63. The molecule has 0 aromatic carbocycles. The lowest BCUT2D eigenvalue weighted by Crippen LogP contribution is -2.30. The molecule has 0 saturated heterocycles. The van der Waals surface area contributed by atoms with Crippen LogP contribution in [0, 0.1) is 0 Å². The van der Waals surface area contributed by atoms with Crippen LogP contribution in [-0.4, -0.2) is 37.2 Å².